The molecule has 0 atom stereocenters. The van der Waals surface area contributed by atoms with Crippen LogP contribution in [0.2, 0.25) is 0 Å². The van der Waals surface area contributed by atoms with Crippen LogP contribution < -0.4 is 5.32 Å². The summed E-state index contributed by atoms with van der Waals surface area (Å²) < 4.78 is 29.6. The van der Waals surface area contributed by atoms with Crippen LogP contribution in [0.25, 0.3) is 50.7 Å². The van der Waals surface area contributed by atoms with Gasteiger partial charge in [0.2, 0.25) is 5.95 Å². The Hall–Kier alpha value is -5.44. The van der Waals surface area contributed by atoms with Crippen LogP contribution in [0.15, 0.2) is 103 Å². The maximum absolute atomic E-state index is 14.3. The van der Waals surface area contributed by atoms with Crippen LogP contribution in [-0.2, 0) is 0 Å². The third-order valence-corrected chi connectivity index (χ3v) is 6.41. The van der Waals surface area contributed by atoms with E-state index >= 15 is 0 Å². The number of nitrogens with one attached hydrogen (secondary N) is 2. The van der Waals surface area contributed by atoms with Gasteiger partial charge in [-0.05, 0) is 42.5 Å². The van der Waals surface area contributed by atoms with Gasteiger partial charge < -0.3 is 10.3 Å². The fourth-order valence-corrected chi connectivity index (χ4v) is 4.59. The summed E-state index contributed by atoms with van der Waals surface area (Å²) in [7, 11) is 0. The number of anilines is 2. The molecule has 0 radical (unpaired) electrons. The third-order valence-electron chi connectivity index (χ3n) is 6.41. The lowest BCUT2D eigenvalue weighted by Crippen LogP contribution is -2.01. The van der Waals surface area contributed by atoms with Gasteiger partial charge in [0.1, 0.15) is 23.1 Å². The van der Waals surface area contributed by atoms with Crippen molar-refractivity contribution in [2.45, 2.75) is 0 Å². The number of imidazole rings is 2. The fourth-order valence-electron chi connectivity index (χ4n) is 4.59. The first-order valence-electron chi connectivity index (χ1n) is 12.2. The van der Waals surface area contributed by atoms with Gasteiger partial charge in [0, 0.05) is 29.6 Å². The van der Waals surface area contributed by atoms with Gasteiger partial charge in [0.15, 0.2) is 0 Å². The predicted octanol–water partition coefficient (Wildman–Crippen LogP) is 7.02. The molecule has 0 spiro atoms. The normalized spacial score (nSPS) is 11.3. The Morgan fingerprint density at radius 1 is 0.769 bits per heavy atom. The minimum absolute atomic E-state index is 0.0748. The molecule has 0 amide bonds. The number of aromatic amines is 1. The molecule has 7 nitrogen and oxygen atoms in total. The van der Waals surface area contributed by atoms with E-state index in [-0.39, 0.29) is 11.6 Å². The van der Waals surface area contributed by atoms with Gasteiger partial charge in [-0.2, -0.15) is 0 Å². The highest BCUT2D eigenvalue weighted by Gasteiger charge is 2.19. The smallest absolute Gasteiger partial charge is 0.227 e. The van der Waals surface area contributed by atoms with Crippen molar-refractivity contribution in [2.75, 3.05) is 5.32 Å². The van der Waals surface area contributed by atoms with E-state index in [9.17, 15) is 8.78 Å². The lowest BCUT2D eigenvalue weighted by Gasteiger charge is -2.09. The summed E-state index contributed by atoms with van der Waals surface area (Å²) in [6.45, 7) is 0. The summed E-state index contributed by atoms with van der Waals surface area (Å²) in [5, 5.41) is 2.84. The number of halogens is 2. The SMILES string of the molecule is Fc1ccc(Nc2nccc(-c3c(-c4ccc5nc(-c6ccccc6)[nH]c5c4)nc4ccccn34)n2)c(F)c1. The van der Waals surface area contributed by atoms with E-state index in [0.717, 1.165) is 51.1 Å². The number of aromatic nitrogens is 6. The summed E-state index contributed by atoms with van der Waals surface area (Å²) in [6.07, 6.45) is 3.50. The molecule has 39 heavy (non-hydrogen) atoms. The molecule has 188 valence electrons. The molecule has 0 saturated heterocycles. The van der Waals surface area contributed by atoms with Crippen molar-refractivity contribution < 1.29 is 8.78 Å². The molecule has 0 unspecified atom stereocenters. The molecule has 3 aromatic carbocycles. The first-order valence-corrected chi connectivity index (χ1v) is 12.2. The second-order valence-electron chi connectivity index (χ2n) is 8.94. The molecule has 0 bridgehead atoms. The number of hydrogen-bond donors (Lipinski definition) is 2. The third kappa shape index (κ3) is 4.15. The van der Waals surface area contributed by atoms with Crippen LogP contribution in [0.5, 0.6) is 0 Å². The molecule has 0 aliphatic carbocycles. The Balaban J connectivity index is 1.34. The Bertz CT molecular complexity index is 1980. The Morgan fingerprint density at radius 2 is 1.64 bits per heavy atom. The zero-order valence-corrected chi connectivity index (χ0v) is 20.3. The molecule has 9 heteroatoms. The van der Waals surface area contributed by atoms with Gasteiger partial charge in [0.05, 0.1) is 33.8 Å². The average Bonchev–Trinajstić information content (AvgIpc) is 3.57. The molecule has 0 saturated carbocycles. The van der Waals surface area contributed by atoms with Gasteiger partial charge >= 0.3 is 0 Å². The number of H-pyrrole nitrogens is 1. The maximum Gasteiger partial charge on any atom is 0.227 e. The monoisotopic (exact) mass is 515 g/mol. The number of fused-ring (bicyclic) bond motifs is 2. The minimum atomic E-state index is -0.734. The first-order chi connectivity index (χ1) is 19.1. The Kier molecular flexibility index (Phi) is 5.33. The largest absolute Gasteiger partial charge is 0.338 e. The average molecular weight is 516 g/mol. The predicted molar refractivity (Wildman–Crippen MR) is 146 cm³/mol. The number of benzene rings is 3. The standard InChI is InChI=1S/C30H19F2N7/c31-20-10-12-22(21(32)17-20)36-30-33-14-13-24(37-30)28-27(38-26-8-4-5-15-39(26)28)19-9-11-23-25(16-19)35-29(34-23)18-6-2-1-3-7-18/h1-17H,(H,34,35)(H,33,36,37). The summed E-state index contributed by atoms with van der Waals surface area (Å²) >= 11 is 0. The van der Waals surface area contributed by atoms with Crippen molar-refractivity contribution in [3.8, 4) is 34.0 Å². The van der Waals surface area contributed by atoms with E-state index in [1.807, 2.05) is 77.3 Å². The summed E-state index contributed by atoms with van der Waals surface area (Å²) in [5.41, 5.74) is 6.47. The van der Waals surface area contributed by atoms with E-state index in [1.54, 1.807) is 12.3 Å². The molecule has 7 rings (SSSR count). The second-order valence-corrected chi connectivity index (χ2v) is 8.94. The summed E-state index contributed by atoms with van der Waals surface area (Å²) in [4.78, 5) is 22.0. The van der Waals surface area contributed by atoms with Crippen LogP contribution in [0.4, 0.5) is 20.4 Å². The van der Waals surface area contributed by atoms with Gasteiger partial charge in [0.25, 0.3) is 0 Å². The Labute approximate surface area is 220 Å². The van der Waals surface area contributed by atoms with Crippen LogP contribution in [0.3, 0.4) is 0 Å². The first kappa shape index (κ1) is 22.7. The van der Waals surface area contributed by atoms with E-state index in [4.69, 9.17) is 9.97 Å². The molecule has 7 aromatic rings. The zero-order chi connectivity index (χ0) is 26.3. The lowest BCUT2D eigenvalue weighted by atomic mass is 10.1. The van der Waals surface area contributed by atoms with Crippen molar-refractivity contribution in [1.82, 2.24) is 29.3 Å². The van der Waals surface area contributed by atoms with Crippen molar-refractivity contribution in [3.63, 3.8) is 0 Å². The highest BCUT2D eigenvalue weighted by molar-refractivity contribution is 5.88. The topological polar surface area (TPSA) is 83.8 Å². The van der Waals surface area contributed by atoms with Crippen molar-refractivity contribution >= 4 is 28.3 Å². The number of pyridine rings is 1. The van der Waals surface area contributed by atoms with Crippen LogP contribution in [0, 0.1) is 11.6 Å². The molecular weight excluding hydrogens is 496 g/mol. The van der Waals surface area contributed by atoms with Crippen LogP contribution >= 0.6 is 0 Å². The van der Waals surface area contributed by atoms with Crippen molar-refractivity contribution in [3.05, 3.63) is 115 Å². The molecule has 4 heterocycles. The Morgan fingerprint density at radius 3 is 2.51 bits per heavy atom. The van der Waals surface area contributed by atoms with E-state index in [0.29, 0.717) is 5.69 Å². The van der Waals surface area contributed by atoms with Crippen molar-refractivity contribution in [1.29, 1.82) is 0 Å². The zero-order valence-electron chi connectivity index (χ0n) is 20.3. The molecular formula is C30H19F2N7. The lowest BCUT2D eigenvalue weighted by molar-refractivity contribution is 0.586. The van der Waals surface area contributed by atoms with Gasteiger partial charge in [-0.25, -0.2) is 28.7 Å². The summed E-state index contributed by atoms with van der Waals surface area (Å²) in [5.74, 6) is -0.431. The summed E-state index contributed by atoms with van der Waals surface area (Å²) in [6, 6.07) is 26.7. The number of nitrogens with zero attached hydrogens (tertiary/aromatic N) is 5. The number of rotatable bonds is 5. The molecule has 4 aromatic heterocycles. The molecule has 0 fully saturated rings. The second kappa shape index (κ2) is 9.14. The van der Waals surface area contributed by atoms with Crippen LogP contribution in [-0.4, -0.2) is 29.3 Å². The fraction of sp³-hybridized carbons (Fsp3) is 0. The van der Waals surface area contributed by atoms with Crippen LogP contribution in [0.1, 0.15) is 0 Å². The molecule has 0 aliphatic heterocycles. The maximum atomic E-state index is 14.3. The quantitative estimate of drug-likeness (QED) is 0.257. The minimum Gasteiger partial charge on any atom is -0.338 e. The highest BCUT2D eigenvalue weighted by atomic mass is 19.1. The number of hydrogen-bond acceptors (Lipinski definition) is 5. The van der Waals surface area contributed by atoms with E-state index in [1.165, 1.54) is 12.1 Å². The van der Waals surface area contributed by atoms with E-state index < -0.39 is 11.6 Å². The van der Waals surface area contributed by atoms with E-state index in [2.05, 4.69) is 20.3 Å². The van der Waals surface area contributed by atoms with Gasteiger partial charge in [-0.1, -0.05) is 42.5 Å². The van der Waals surface area contributed by atoms with Gasteiger partial charge in [-0.15, -0.1) is 0 Å². The molecule has 2 N–H and O–H groups in total. The molecule has 0 aliphatic rings. The van der Waals surface area contributed by atoms with Gasteiger partial charge in [-0.3, -0.25) is 4.40 Å². The highest BCUT2D eigenvalue weighted by Crippen LogP contribution is 2.34. The van der Waals surface area contributed by atoms with Crippen molar-refractivity contribution in [2.24, 2.45) is 0 Å².